The van der Waals surface area contributed by atoms with Gasteiger partial charge in [0.15, 0.2) is 0 Å². The molecule has 14 heavy (non-hydrogen) atoms. The van der Waals surface area contributed by atoms with Gasteiger partial charge in [0.2, 0.25) is 0 Å². The van der Waals surface area contributed by atoms with Crippen LogP contribution in [0.1, 0.15) is 30.9 Å². The molecule has 0 fully saturated rings. The summed E-state index contributed by atoms with van der Waals surface area (Å²) in [5.74, 6) is 0.560. The van der Waals surface area contributed by atoms with Gasteiger partial charge in [0.1, 0.15) is 5.75 Å². The molecule has 0 spiro atoms. The standard InChI is InChI=1S/C11H14F2O/c1-3-4-8-5-6-9(11(12)13)7-10(8)14-2/h5-7,11H,3-4H2,1-2H3. The van der Waals surface area contributed by atoms with Crippen molar-refractivity contribution in [1.82, 2.24) is 0 Å². The molecule has 0 saturated heterocycles. The third kappa shape index (κ3) is 2.44. The van der Waals surface area contributed by atoms with Crippen molar-refractivity contribution in [2.45, 2.75) is 26.2 Å². The van der Waals surface area contributed by atoms with Crippen LogP contribution >= 0.6 is 0 Å². The van der Waals surface area contributed by atoms with Crippen molar-refractivity contribution in [2.24, 2.45) is 0 Å². The molecule has 0 atom stereocenters. The van der Waals surface area contributed by atoms with E-state index in [1.54, 1.807) is 6.07 Å². The molecule has 3 heteroatoms. The summed E-state index contributed by atoms with van der Waals surface area (Å²) >= 11 is 0. The van der Waals surface area contributed by atoms with Crippen LogP contribution in [0.5, 0.6) is 5.75 Å². The summed E-state index contributed by atoms with van der Waals surface area (Å²) in [5, 5.41) is 0. The molecule has 78 valence electrons. The van der Waals surface area contributed by atoms with E-state index in [9.17, 15) is 8.78 Å². The number of methoxy groups -OCH3 is 1. The van der Waals surface area contributed by atoms with Crippen molar-refractivity contribution in [1.29, 1.82) is 0 Å². The molecule has 0 radical (unpaired) electrons. The maximum Gasteiger partial charge on any atom is 0.263 e. The highest BCUT2D eigenvalue weighted by Crippen LogP contribution is 2.27. The first-order chi connectivity index (χ1) is 6.69. The van der Waals surface area contributed by atoms with Gasteiger partial charge in [0.05, 0.1) is 7.11 Å². The molecule has 0 saturated carbocycles. The number of rotatable bonds is 4. The first kappa shape index (κ1) is 11.0. The summed E-state index contributed by atoms with van der Waals surface area (Å²) in [7, 11) is 1.50. The average molecular weight is 200 g/mol. The molecular formula is C11H14F2O. The Morgan fingerprint density at radius 1 is 1.36 bits per heavy atom. The summed E-state index contributed by atoms with van der Waals surface area (Å²) in [6, 6.07) is 4.58. The molecule has 0 aromatic heterocycles. The van der Waals surface area contributed by atoms with Crippen LogP contribution in [-0.2, 0) is 6.42 Å². The number of hydrogen-bond acceptors (Lipinski definition) is 1. The highest BCUT2D eigenvalue weighted by molar-refractivity contribution is 5.38. The van der Waals surface area contributed by atoms with Gasteiger partial charge in [-0.25, -0.2) is 8.78 Å². The van der Waals surface area contributed by atoms with Crippen molar-refractivity contribution < 1.29 is 13.5 Å². The van der Waals surface area contributed by atoms with Gasteiger partial charge >= 0.3 is 0 Å². The van der Waals surface area contributed by atoms with Crippen LogP contribution in [-0.4, -0.2) is 7.11 Å². The Morgan fingerprint density at radius 3 is 2.57 bits per heavy atom. The molecule has 1 rings (SSSR count). The fourth-order valence-corrected chi connectivity index (χ4v) is 1.37. The second-order valence-corrected chi connectivity index (χ2v) is 3.12. The Balaban J connectivity index is 2.98. The van der Waals surface area contributed by atoms with Crippen LogP contribution in [0.2, 0.25) is 0 Å². The zero-order chi connectivity index (χ0) is 10.6. The van der Waals surface area contributed by atoms with Gasteiger partial charge in [-0.1, -0.05) is 25.5 Å². The van der Waals surface area contributed by atoms with E-state index in [4.69, 9.17) is 4.74 Å². The van der Waals surface area contributed by atoms with Crippen LogP contribution < -0.4 is 4.74 Å². The number of benzene rings is 1. The smallest absolute Gasteiger partial charge is 0.263 e. The van der Waals surface area contributed by atoms with E-state index in [0.29, 0.717) is 5.75 Å². The van der Waals surface area contributed by atoms with Crippen LogP contribution in [0, 0.1) is 0 Å². The first-order valence-corrected chi connectivity index (χ1v) is 4.64. The lowest BCUT2D eigenvalue weighted by atomic mass is 10.1. The minimum atomic E-state index is -2.43. The van der Waals surface area contributed by atoms with Gasteiger partial charge in [-0.05, 0) is 18.1 Å². The maximum absolute atomic E-state index is 12.3. The number of ether oxygens (including phenoxy) is 1. The third-order valence-electron chi connectivity index (χ3n) is 2.08. The summed E-state index contributed by atoms with van der Waals surface area (Å²) in [6.07, 6.45) is -0.601. The Bertz CT molecular complexity index is 297. The van der Waals surface area contributed by atoms with Crippen molar-refractivity contribution in [2.75, 3.05) is 7.11 Å². The Morgan fingerprint density at radius 2 is 2.07 bits per heavy atom. The van der Waals surface area contributed by atoms with Crippen LogP contribution in [0.25, 0.3) is 0 Å². The monoisotopic (exact) mass is 200 g/mol. The fourth-order valence-electron chi connectivity index (χ4n) is 1.37. The van der Waals surface area contributed by atoms with E-state index in [1.807, 2.05) is 6.92 Å². The molecule has 0 bridgehead atoms. The number of hydrogen-bond donors (Lipinski definition) is 0. The molecule has 0 aliphatic heterocycles. The largest absolute Gasteiger partial charge is 0.496 e. The molecule has 0 aliphatic rings. The highest BCUT2D eigenvalue weighted by Gasteiger charge is 2.10. The van der Waals surface area contributed by atoms with Gasteiger partial charge in [-0.15, -0.1) is 0 Å². The van der Waals surface area contributed by atoms with Crippen molar-refractivity contribution in [3.05, 3.63) is 29.3 Å². The lowest BCUT2D eigenvalue weighted by Gasteiger charge is -2.09. The fraction of sp³-hybridized carbons (Fsp3) is 0.455. The Labute approximate surface area is 82.7 Å². The molecule has 1 nitrogen and oxygen atoms in total. The molecule has 0 heterocycles. The molecule has 0 N–H and O–H groups in total. The zero-order valence-electron chi connectivity index (χ0n) is 8.39. The van der Waals surface area contributed by atoms with Crippen molar-refractivity contribution >= 4 is 0 Å². The normalized spacial score (nSPS) is 10.6. The topological polar surface area (TPSA) is 9.23 Å². The average Bonchev–Trinajstić information content (AvgIpc) is 2.18. The SMILES string of the molecule is CCCc1ccc(C(F)F)cc1OC. The number of halogens is 2. The van der Waals surface area contributed by atoms with Crippen molar-refractivity contribution in [3.8, 4) is 5.75 Å². The summed E-state index contributed by atoms with van der Waals surface area (Å²) in [6.45, 7) is 2.04. The first-order valence-electron chi connectivity index (χ1n) is 4.64. The molecule has 1 aromatic carbocycles. The summed E-state index contributed by atoms with van der Waals surface area (Å²) in [4.78, 5) is 0. The Hall–Kier alpha value is -1.12. The third-order valence-corrected chi connectivity index (χ3v) is 2.08. The predicted molar refractivity (Wildman–Crippen MR) is 51.9 cm³/mol. The lowest BCUT2D eigenvalue weighted by molar-refractivity contribution is 0.151. The van der Waals surface area contributed by atoms with E-state index < -0.39 is 6.43 Å². The van der Waals surface area contributed by atoms with E-state index in [-0.39, 0.29) is 5.56 Å². The minimum absolute atomic E-state index is 0.0155. The van der Waals surface area contributed by atoms with E-state index in [2.05, 4.69) is 0 Å². The second-order valence-electron chi connectivity index (χ2n) is 3.12. The molecule has 0 unspecified atom stereocenters. The minimum Gasteiger partial charge on any atom is -0.496 e. The number of aryl methyl sites for hydroxylation is 1. The molecule has 0 aliphatic carbocycles. The quantitative estimate of drug-likeness (QED) is 0.721. The van der Waals surface area contributed by atoms with Crippen LogP contribution in [0.4, 0.5) is 8.78 Å². The maximum atomic E-state index is 12.3. The van der Waals surface area contributed by atoms with Gasteiger partial charge in [0.25, 0.3) is 6.43 Å². The van der Waals surface area contributed by atoms with Gasteiger partial charge in [-0.3, -0.25) is 0 Å². The van der Waals surface area contributed by atoms with E-state index >= 15 is 0 Å². The Kier molecular flexibility index (Phi) is 3.86. The van der Waals surface area contributed by atoms with Gasteiger partial charge < -0.3 is 4.74 Å². The molecular weight excluding hydrogens is 186 g/mol. The molecule has 0 amide bonds. The van der Waals surface area contributed by atoms with E-state index in [1.165, 1.54) is 19.2 Å². The number of alkyl halides is 2. The zero-order valence-corrected chi connectivity index (χ0v) is 8.39. The highest BCUT2D eigenvalue weighted by atomic mass is 19.3. The lowest BCUT2D eigenvalue weighted by Crippen LogP contribution is -1.94. The summed E-state index contributed by atoms with van der Waals surface area (Å²) in [5.41, 5.74) is 1.00. The van der Waals surface area contributed by atoms with Gasteiger partial charge in [0, 0.05) is 5.56 Å². The predicted octanol–water partition coefficient (Wildman–Crippen LogP) is 3.59. The van der Waals surface area contributed by atoms with E-state index in [0.717, 1.165) is 18.4 Å². The van der Waals surface area contributed by atoms with Crippen LogP contribution in [0.15, 0.2) is 18.2 Å². The summed E-state index contributed by atoms with van der Waals surface area (Å²) < 4.78 is 29.7. The van der Waals surface area contributed by atoms with Crippen LogP contribution in [0.3, 0.4) is 0 Å². The van der Waals surface area contributed by atoms with Crippen molar-refractivity contribution in [3.63, 3.8) is 0 Å². The second kappa shape index (κ2) is 4.94. The van der Waals surface area contributed by atoms with Gasteiger partial charge in [-0.2, -0.15) is 0 Å². The molecule has 1 aromatic rings.